The number of amides is 1. The number of carbonyl (C=O) groups excluding carboxylic acids is 1. The molecule has 0 bridgehead atoms. The SMILES string of the molecule is COC(C(=O)Nc1cccc(CS(C)(=O)=O)c1)c1ccccc1. The predicted octanol–water partition coefficient (Wildman–Crippen LogP) is 2.56. The molecule has 1 unspecified atom stereocenters. The highest BCUT2D eigenvalue weighted by molar-refractivity contribution is 7.89. The molecule has 0 aliphatic heterocycles. The lowest BCUT2D eigenvalue weighted by atomic mass is 10.1. The zero-order chi connectivity index (χ0) is 16.9. The van der Waals surface area contributed by atoms with E-state index in [1.54, 1.807) is 24.3 Å². The molecule has 1 amide bonds. The van der Waals surface area contributed by atoms with E-state index < -0.39 is 15.9 Å². The van der Waals surface area contributed by atoms with Gasteiger partial charge in [0.15, 0.2) is 15.9 Å². The van der Waals surface area contributed by atoms with Crippen LogP contribution in [0.5, 0.6) is 0 Å². The molecule has 0 aliphatic carbocycles. The van der Waals surface area contributed by atoms with Crippen LogP contribution in [0.4, 0.5) is 5.69 Å². The Labute approximate surface area is 136 Å². The number of rotatable bonds is 6. The lowest BCUT2D eigenvalue weighted by Crippen LogP contribution is -2.22. The minimum Gasteiger partial charge on any atom is -0.367 e. The summed E-state index contributed by atoms with van der Waals surface area (Å²) in [6.07, 6.45) is 0.448. The van der Waals surface area contributed by atoms with Crippen LogP contribution in [-0.2, 0) is 25.1 Å². The lowest BCUT2D eigenvalue weighted by molar-refractivity contribution is -0.126. The van der Waals surface area contributed by atoms with Gasteiger partial charge >= 0.3 is 0 Å². The largest absolute Gasteiger partial charge is 0.367 e. The minimum atomic E-state index is -3.12. The van der Waals surface area contributed by atoms with Crippen LogP contribution in [-0.4, -0.2) is 27.7 Å². The van der Waals surface area contributed by atoms with Crippen LogP contribution >= 0.6 is 0 Å². The van der Waals surface area contributed by atoms with Gasteiger partial charge in [-0.05, 0) is 23.3 Å². The average molecular weight is 333 g/mol. The van der Waals surface area contributed by atoms with Crippen LogP contribution in [0, 0.1) is 0 Å². The number of hydrogen-bond donors (Lipinski definition) is 1. The molecule has 0 spiro atoms. The van der Waals surface area contributed by atoms with Crippen molar-refractivity contribution in [2.75, 3.05) is 18.7 Å². The van der Waals surface area contributed by atoms with Crippen molar-refractivity contribution in [2.45, 2.75) is 11.9 Å². The Morgan fingerprint density at radius 2 is 1.83 bits per heavy atom. The monoisotopic (exact) mass is 333 g/mol. The fraction of sp³-hybridized carbons (Fsp3) is 0.235. The van der Waals surface area contributed by atoms with Crippen molar-refractivity contribution in [1.82, 2.24) is 0 Å². The maximum Gasteiger partial charge on any atom is 0.258 e. The molecule has 1 N–H and O–H groups in total. The van der Waals surface area contributed by atoms with E-state index in [0.717, 1.165) is 5.56 Å². The van der Waals surface area contributed by atoms with Crippen molar-refractivity contribution in [3.05, 3.63) is 65.7 Å². The van der Waals surface area contributed by atoms with Crippen molar-refractivity contribution in [1.29, 1.82) is 0 Å². The maximum absolute atomic E-state index is 12.4. The molecule has 0 fully saturated rings. The second-order valence-corrected chi connectivity index (χ2v) is 7.43. The van der Waals surface area contributed by atoms with E-state index in [9.17, 15) is 13.2 Å². The third kappa shape index (κ3) is 5.19. The molecular formula is C17H19NO4S. The molecule has 2 rings (SSSR count). The van der Waals surface area contributed by atoms with Gasteiger partial charge in [-0.15, -0.1) is 0 Å². The number of sulfone groups is 1. The average Bonchev–Trinajstić information content (AvgIpc) is 2.47. The summed E-state index contributed by atoms with van der Waals surface area (Å²) < 4.78 is 28.0. The van der Waals surface area contributed by atoms with Gasteiger partial charge in [0.1, 0.15) is 0 Å². The van der Waals surface area contributed by atoms with E-state index >= 15 is 0 Å². The molecular weight excluding hydrogens is 314 g/mol. The standard InChI is InChI=1S/C17H19NO4S/c1-22-16(14-8-4-3-5-9-14)17(19)18-15-10-6-7-13(11-15)12-23(2,20)21/h3-11,16H,12H2,1-2H3,(H,18,19). The zero-order valence-corrected chi connectivity index (χ0v) is 13.8. The first-order chi connectivity index (χ1) is 10.9. The van der Waals surface area contributed by atoms with Crippen LogP contribution in [0.25, 0.3) is 0 Å². The molecule has 2 aromatic rings. The highest BCUT2D eigenvalue weighted by Gasteiger charge is 2.20. The molecule has 0 saturated carbocycles. The summed E-state index contributed by atoms with van der Waals surface area (Å²) in [5.41, 5.74) is 1.91. The highest BCUT2D eigenvalue weighted by atomic mass is 32.2. The Morgan fingerprint density at radius 3 is 2.43 bits per heavy atom. The van der Waals surface area contributed by atoms with Crippen LogP contribution in [0.3, 0.4) is 0 Å². The number of methoxy groups -OCH3 is 1. The van der Waals surface area contributed by atoms with Gasteiger partial charge in [0.2, 0.25) is 0 Å². The van der Waals surface area contributed by atoms with Gasteiger partial charge in [-0.2, -0.15) is 0 Å². The molecule has 0 saturated heterocycles. The second kappa shape index (κ2) is 7.39. The fourth-order valence-corrected chi connectivity index (χ4v) is 3.06. The summed E-state index contributed by atoms with van der Waals surface area (Å²) in [4.78, 5) is 12.4. The molecule has 23 heavy (non-hydrogen) atoms. The first-order valence-corrected chi connectivity index (χ1v) is 9.10. The van der Waals surface area contributed by atoms with Crippen molar-refractivity contribution >= 4 is 21.4 Å². The number of carbonyl (C=O) groups is 1. The van der Waals surface area contributed by atoms with E-state index in [1.807, 2.05) is 30.3 Å². The molecule has 5 nitrogen and oxygen atoms in total. The lowest BCUT2D eigenvalue weighted by Gasteiger charge is -2.16. The molecule has 0 aromatic heterocycles. The Balaban J connectivity index is 2.15. The first-order valence-electron chi connectivity index (χ1n) is 7.04. The van der Waals surface area contributed by atoms with Crippen LogP contribution in [0.1, 0.15) is 17.2 Å². The summed E-state index contributed by atoms with van der Waals surface area (Å²) in [6.45, 7) is 0. The van der Waals surface area contributed by atoms with E-state index in [4.69, 9.17) is 4.74 Å². The fourth-order valence-electron chi connectivity index (χ4n) is 2.27. The van der Waals surface area contributed by atoms with Gasteiger partial charge in [0.05, 0.1) is 5.75 Å². The molecule has 2 aromatic carbocycles. The summed E-state index contributed by atoms with van der Waals surface area (Å²) >= 11 is 0. The van der Waals surface area contributed by atoms with Gasteiger partial charge in [-0.25, -0.2) is 8.42 Å². The van der Waals surface area contributed by atoms with Gasteiger partial charge in [-0.1, -0.05) is 42.5 Å². The van der Waals surface area contributed by atoms with Crippen molar-refractivity contribution in [3.8, 4) is 0 Å². The summed E-state index contributed by atoms with van der Waals surface area (Å²) in [5.74, 6) is -0.376. The third-order valence-electron chi connectivity index (χ3n) is 3.20. The van der Waals surface area contributed by atoms with Crippen molar-refractivity contribution < 1.29 is 17.9 Å². The van der Waals surface area contributed by atoms with Gasteiger partial charge in [0.25, 0.3) is 5.91 Å². The minimum absolute atomic E-state index is 0.0664. The highest BCUT2D eigenvalue weighted by Crippen LogP contribution is 2.20. The van der Waals surface area contributed by atoms with Crippen LogP contribution in [0.15, 0.2) is 54.6 Å². The number of nitrogens with one attached hydrogen (secondary N) is 1. The van der Waals surface area contributed by atoms with Gasteiger partial charge < -0.3 is 10.1 Å². The second-order valence-electron chi connectivity index (χ2n) is 5.29. The molecule has 6 heteroatoms. The number of hydrogen-bond acceptors (Lipinski definition) is 4. The van der Waals surface area contributed by atoms with Gasteiger partial charge in [-0.3, -0.25) is 4.79 Å². The van der Waals surface area contributed by atoms with Crippen LogP contribution < -0.4 is 5.32 Å². The maximum atomic E-state index is 12.4. The molecule has 1 atom stereocenters. The zero-order valence-electron chi connectivity index (χ0n) is 13.0. The van der Waals surface area contributed by atoms with Crippen molar-refractivity contribution in [3.63, 3.8) is 0 Å². The Kier molecular flexibility index (Phi) is 5.52. The van der Waals surface area contributed by atoms with Crippen molar-refractivity contribution in [2.24, 2.45) is 0 Å². The molecule has 122 valence electrons. The molecule has 0 aliphatic rings. The first kappa shape index (κ1) is 17.2. The molecule has 0 radical (unpaired) electrons. The Bertz CT molecular complexity index is 772. The predicted molar refractivity (Wildman–Crippen MR) is 89.8 cm³/mol. The van der Waals surface area contributed by atoms with Crippen LogP contribution in [0.2, 0.25) is 0 Å². The Hall–Kier alpha value is -2.18. The van der Waals surface area contributed by atoms with E-state index in [-0.39, 0.29) is 11.7 Å². The number of anilines is 1. The quantitative estimate of drug-likeness (QED) is 0.882. The smallest absolute Gasteiger partial charge is 0.258 e. The van der Waals surface area contributed by atoms with E-state index in [0.29, 0.717) is 11.3 Å². The summed E-state index contributed by atoms with van der Waals surface area (Å²) in [7, 11) is -1.65. The normalized spacial score (nSPS) is 12.6. The third-order valence-corrected chi connectivity index (χ3v) is 4.06. The summed E-state index contributed by atoms with van der Waals surface area (Å²) in [5, 5.41) is 2.76. The summed E-state index contributed by atoms with van der Waals surface area (Å²) in [6, 6.07) is 15.9. The molecule has 0 heterocycles. The number of ether oxygens (including phenoxy) is 1. The van der Waals surface area contributed by atoms with E-state index in [2.05, 4.69) is 5.32 Å². The Morgan fingerprint density at radius 1 is 1.13 bits per heavy atom. The van der Waals surface area contributed by atoms with Gasteiger partial charge in [0, 0.05) is 19.1 Å². The van der Waals surface area contributed by atoms with E-state index in [1.165, 1.54) is 13.4 Å². The number of benzene rings is 2. The topological polar surface area (TPSA) is 72.5 Å².